The minimum atomic E-state index is -3.77. The Labute approximate surface area is 203 Å². The second-order valence-corrected chi connectivity index (χ2v) is 9.15. The van der Waals surface area contributed by atoms with Crippen LogP contribution >= 0.6 is 0 Å². The molecule has 0 bridgehead atoms. The summed E-state index contributed by atoms with van der Waals surface area (Å²) in [5.41, 5.74) is 1.94. The number of nitrogens with zero attached hydrogens (tertiary/aromatic N) is 1. The fraction of sp³-hybridized carbons (Fsp3) is 0.0769. The summed E-state index contributed by atoms with van der Waals surface area (Å²) in [7, 11) is -2.24. The van der Waals surface area contributed by atoms with Crippen LogP contribution in [0.15, 0.2) is 102 Å². The molecule has 0 fully saturated rings. The highest BCUT2D eigenvalue weighted by Gasteiger charge is 2.15. The van der Waals surface area contributed by atoms with Gasteiger partial charge in [-0.2, -0.15) is 0 Å². The fourth-order valence-corrected chi connectivity index (χ4v) is 4.32. The van der Waals surface area contributed by atoms with Crippen LogP contribution in [-0.2, 0) is 16.6 Å². The van der Waals surface area contributed by atoms with Gasteiger partial charge in [0, 0.05) is 41.0 Å². The Balaban J connectivity index is 1.48. The number of pyridine rings is 1. The van der Waals surface area contributed by atoms with E-state index < -0.39 is 15.9 Å². The number of ether oxygens (including phenoxy) is 2. The van der Waals surface area contributed by atoms with E-state index in [0.29, 0.717) is 17.2 Å². The van der Waals surface area contributed by atoms with Gasteiger partial charge in [-0.3, -0.25) is 14.5 Å². The largest absolute Gasteiger partial charge is 0.493 e. The van der Waals surface area contributed by atoms with E-state index in [9.17, 15) is 13.2 Å². The molecule has 0 radical (unpaired) electrons. The third-order valence-corrected chi connectivity index (χ3v) is 6.37. The van der Waals surface area contributed by atoms with Crippen molar-refractivity contribution < 1.29 is 22.7 Å². The Morgan fingerprint density at radius 2 is 1.71 bits per heavy atom. The van der Waals surface area contributed by atoms with Crippen LogP contribution in [0.4, 0.5) is 11.4 Å². The number of anilines is 2. The Morgan fingerprint density at radius 3 is 2.46 bits per heavy atom. The lowest BCUT2D eigenvalue weighted by Crippen LogP contribution is -2.15. The second kappa shape index (κ2) is 10.7. The van der Waals surface area contributed by atoms with Crippen LogP contribution in [0.2, 0.25) is 0 Å². The molecular weight excluding hydrogens is 466 g/mol. The lowest BCUT2D eigenvalue weighted by Gasteiger charge is -2.13. The quantitative estimate of drug-likeness (QED) is 0.352. The molecule has 3 aromatic carbocycles. The molecule has 4 rings (SSSR count). The number of rotatable bonds is 9. The first-order valence-electron chi connectivity index (χ1n) is 10.6. The summed E-state index contributed by atoms with van der Waals surface area (Å²) < 4.78 is 38.9. The van der Waals surface area contributed by atoms with E-state index in [1.54, 1.807) is 67.0 Å². The number of carbonyl (C=O) groups is 1. The summed E-state index contributed by atoms with van der Waals surface area (Å²) in [5, 5.41) is 2.81. The summed E-state index contributed by atoms with van der Waals surface area (Å²) in [6, 6.07) is 23.0. The molecule has 0 unspecified atom stereocenters. The maximum Gasteiger partial charge on any atom is 0.261 e. The van der Waals surface area contributed by atoms with Crippen LogP contribution in [0.25, 0.3) is 0 Å². The molecule has 1 heterocycles. The fourth-order valence-electron chi connectivity index (χ4n) is 3.25. The van der Waals surface area contributed by atoms with E-state index in [4.69, 9.17) is 9.47 Å². The van der Waals surface area contributed by atoms with Gasteiger partial charge in [-0.15, -0.1) is 0 Å². The van der Waals surface area contributed by atoms with Crippen LogP contribution in [0.5, 0.6) is 11.5 Å². The van der Waals surface area contributed by atoms with E-state index in [0.717, 1.165) is 5.56 Å². The maximum atomic E-state index is 12.9. The molecule has 2 N–H and O–H groups in total. The Kier molecular flexibility index (Phi) is 7.27. The zero-order valence-corrected chi connectivity index (χ0v) is 19.7. The molecule has 0 spiro atoms. The number of aromatic nitrogens is 1. The molecule has 0 saturated carbocycles. The molecule has 8 nitrogen and oxygen atoms in total. The lowest BCUT2D eigenvalue weighted by atomic mass is 10.2. The average Bonchev–Trinajstić information content (AvgIpc) is 2.88. The van der Waals surface area contributed by atoms with Crippen molar-refractivity contribution in [1.29, 1.82) is 0 Å². The van der Waals surface area contributed by atoms with Crippen LogP contribution in [0.3, 0.4) is 0 Å². The monoisotopic (exact) mass is 489 g/mol. The molecule has 1 aromatic heterocycles. The molecule has 0 aliphatic heterocycles. The van der Waals surface area contributed by atoms with E-state index in [1.165, 1.54) is 25.3 Å². The highest BCUT2D eigenvalue weighted by Crippen LogP contribution is 2.31. The highest BCUT2D eigenvalue weighted by molar-refractivity contribution is 7.92. The molecule has 1 amide bonds. The van der Waals surface area contributed by atoms with Crippen molar-refractivity contribution in [3.05, 3.63) is 108 Å². The number of amides is 1. The van der Waals surface area contributed by atoms with Crippen molar-refractivity contribution >= 4 is 27.3 Å². The van der Waals surface area contributed by atoms with Crippen LogP contribution in [0, 0.1) is 0 Å². The maximum absolute atomic E-state index is 12.9. The summed E-state index contributed by atoms with van der Waals surface area (Å²) in [5.74, 6) is 0.567. The number of sulfonamides is 1. The zero-order valence-electron chi connectivity index (χ0n) is 18.8. The van der Waals surface area contributed by atoms with Crippen LogP contribution < -0.4 is 19.5 Å². The molecule has 0 atom stereocenters. The predicted octanol–water partition coefficient (Wildman–Crippen LogP) is 4.72. The van der Waals surface area contributed by atoms with Crippen molar-refractivity contribution in [3.8, 4) is 11.5 Å². The van der Waals surface area contributed by atoms with Crippen molar-refractivity contribution in [1.82, 2.24) is 4.98 Å². The van der Waals surface area contributed by atoms with Gasteiger partial charge in [-0.05, 0) is 48.5 Å². The molecule has 178 valence electrons. The molecule has 4 aromatic rings. The van der Waals surface area contributed by atoms with Crippen molar-refractivity contribution in [2.75, 3.05) is 17.1 Å². The molecule has 0 aliphatic carbocycles. The lowest BCUT2D eigenvalue weighted by molar-refractivity contribution is 0.102. The summed E-state index contributed by atoms with van der Waals surface area (Å²) in [4.78, 5) is 17.1. The molecule has 0 saturated heterocycles. The minimum Gasteiger partial charge on any atom is -0.493 e. The first kappa shape index (κ1) is 23.8. The van der Waals surface area contributed by atoms with Gasteiger partial charge in [0.15, 0.2) is 11.5 Å². The van der Waals surface area contributed by atoms with Gasteiger partial charge in [0.25, 0.3) is 15.9 Å². The smallest absolute Gasteiger partial charge is 0.261 e. The number of carbonyl (C=O) groups excluding carboxylic acids is 1. The normalized spacial score (nSPS) is 10.9. The van der Waals surface area contributed by atoms with Gasteiger partial charge < -0.3 is 14.8 Å². The third-order valence-electron chi connectivity index (χ3n) is 4.97. The topological polar surface area (TPSA) is 107 Å². The number of hydrogen-bond donors (Lipinski definition) is 2. The Bertz CT molecular complexity index is 1410. The molecule has 0 aliphatic rings. The first-order valence-corrected chi connectivity index (χ1v) is 12.1. The van der Waals surface area contributed by atoms with Crippen LogP contribution in [0.1, 0.15) is 15.9 Å². The van der Waals surface area contributed by atoms with Crippen molar-refractivity contribution in [2.45, 2.75) is 11.5 Å². The number of nitrogens with one attached hydrogen (secondary N) is 2. The Hall–Kier alpha value is -4.37. The number of methoxy groups -OCH3 is 1. The van der Waals surface area contributed by atoms with Gasteiger partial charge in [0.2, 0.25) is 0 Å². The second-order valence-electron chi connectivity index (χ2n) is 7.47. The summed E-state index contributed by atoms with van der Waals surface area (Å²) in [6.45, 7) is 0.283. The predicted molar refractivity (Wildman–Crippen MR) is 133 cm³/mol. The van der Waals surface area contributed by atoms with E-state index in [1.807, 2.05) is 12.1 Å². The number of hydrogen-bond acceptors (Lipinski definition) is 6. The minimum absolute atomic E-state index is 0.131. The van der Waals surface area contributed by atoms with Gasteiger partial charge in [-0.25, -0.2) is 8.42 Å². The summed E-state index contributed by atoms with van der Waals surface area (Å²) in [6.07, 6.45) is 3.39. The third kappa shape index (κ3) is 6.15. The molecular formula is C26H23N3O5S. The first-order chi connectivity index (χ1) is 16.9. The molecule has 9 heteroatoms. The van der Waals surface area contributed by atoms with Crippen molar-refractivity contribution in [2.24, 2.45) is 0 Å². The standard InChI is InChI=1S/C26H23N3O5S/c1-33-24-13-12-21(16-25(24)34-18-19-7-6-14-27-17-19)28-26(30)20-8-5-9-22(15-20)29-35(31,32)23-10-3-2-4-11-23/h2-17,29H,18H2,1H3,(H,28,30). The van der Waals surface area contributed by atoms with Gasteiger partial charge in [0.05, 0.1) is 12.0 Å². The highest BCUT2D eigenvalue weighted by atomic mass is 32.2. The summed E-state index contributed by atoms with van der Waals surface area (Å²) >= 11 is 0. The van der Waals surface area contributed by atoms with Gasteiger partial charge >= 0.3 is 0 Å². The van der Waals surface area contributed by atoms with E-state index in [2.05, 4.69) is 15.0 Å². The zero-order chi connectivity index (χ0) is 24.7. The molecule has 35 heavy (non-hydrogen) atoms. The SMILES string of the molecule is COc1ccc(NC(=O)c2cccc(NS(=O)(=O)c3ccccc3)c2)cc1OCc1cccnc1. The van der Waals surface area contributed by atoms with E-state index >= 15 is 0 Å². The average molecular weight is 490 g/mol. The van der Waals surface area contributed by atoms with Crippen molar-refractivity contribution in [3.63, 3.8) is 0 Å². The van der Waals surface area contributed by atoms with E-state index in [-0.39, 0.29) is 22.8 Å². The Morgan fingerprint density at radius 1 is 0.886 bits per heavy atom. The van der Waals surface area contributed by atoms with Gasteiger partial charge in [-0.1, -0.05) is 30.3 Å². The van der Waals surface area contributed by atoms with Gasteiger partial charge in [0.1, 0.15) is 6.61 Å². The van der Waals surface area contributed by atoms with Crippen LogP contribution in [-0.4, -0.2) is 26.4 Å². The number of benzene rings is 3.